The molecule has 0 radical (unpaired) electrons. The highest BCUT2D eigenvalue weighted by molar-refractivity contribution is 6.36. The summed E-state index contributed by atoms with van der Waals surface area (Å²) >= 11 is 12.1. The first-order valence-electron chi connectivity index (χ1n) is 9.74. The fourth-order valence-corrected chi connectivity index (χ4v) is 6.53. The van der Waals surface area contributed by atoms with Crippen LogP contribution in [0.3, 0.4) is 0 Å². The van der Waals surface area contributed by atoms with Gasteiger partial charge in [-0.3, -0.25) is 9.78 Å². The number of pyridine rings is 1. The Morgan fingerprint density at radius 1 is 1.00 bits per heavy atom. The molecule has 1 amide bonds. The number of nitrogens with one attached hydrogen (secondary N) is 1. The Morgan fingerprint density at radius 2 is 1.67 bits per heavy atom. The SMILES string of the molecule is O=C(Nc1ccc(Cl)cc1Cl)c1ccnc(C23CC4CC(CC(C4)C2)C3)c1. The van der Waals surface area contributed by atoms with Crippen LogP contribution in [-0.2, 0) is 5.41 Å². The van der Waals surface area contributed by atoms with Gasteiger partial charge in [-0.1, -0.05) is 23.2 Å². The van der Waals surface area contributed by atoms with Gasteiger partial charge in [-0.15, -0.1) is 0 Å². The van der Waals surface area contributed by atoms with Crippen molar-refractivity contribution in [2.75, 3.05) is 5.32 Å². The molecular weight excluding hydrogens is 379 g/mol. The summed E-state index contributed by atoms with van der Waals surface area (Å²) in [5.74, 6) is 2.39. The average molecular weight is 401 g/mol. The summed E-state index contributed by atoms with van der Waals surface area (Å²) < 4.78 is 0. The lowest BCUT2D eigenvalue weighted by atomic mass is 9.48. The minimum absolute atomic E-state index is 0.160. The molecule has 1 aromatic carbocycles. The Morgan fingerprint density at radius 3 is 2.30 bits per heavy atom. The quantitative estimate of drug-likeness (QED) is 0.674. The number of carbonyl (C=O) groups excluding carboxylic acids is 1. The van der Waals surface area contributed by atoms with Crippen LogP contribution in [0.15, 0.2) is 36.5 Å². The average Bonchev–Trinajstić information content (AvgIpc) is 2.63. The normalized spacial score (nSPS) is 31.1. The van der Waals surface area contributed by atoms with Crippen molar-refractivity contribution in [2.45, 2.75) is 43.9 Å². The molecule has 2 aromatic rings. The van der Waals surface area contributed by atoms with E-state index < -0.39 is 0 Å². The van der Waals surface area contributed by atoms with Gasteiger partial charge in [0.1, 0.15) is 0 Å². The van der Waals surface area contributed by atoms with Gasteiger partial charge in [0.05, 0.1) is 10.7 Å². The van der Waals surface area contributed by atoms with Gasteiger partial charge in [-0.05, 0) is 86.6 Å². The molecule has 6 rings (SSSR count). The summed E-state index contributed by atoms with van der Waals surface area (Å²) in [7, 11) is 0. The topological polar surface area (TPSA) is 42.0 Å². The Kier molecular flexibility index (Phi) is 4.21. The maximum absolute atomic E-state index is 12.8. The van der Waals surface area contributed by atoms with Crippen LogP contribution in [0, 0.1) is 17.8 Å². The van der Waals surface area contributed by atoms with E-state index in [1.807, 2.05) is 6.07 Å². The van der Waals surface area contributed by atoms with Crippen molar-refractivity contribution in [1.82, 2.24) is 4.98 Å². The standard InChI is InChI=1S/C22H22Cl2N2O/c23-17-1-2-19(18(24)9-17)26-21(27)16-3-4-25-20(8-16)22-10-13-5-14(11-22)7-15(6-13)12-22/h1-4,8-9,13-15H,5-7,10-12H2,(H,26,27). The molecule has 0 unspecified atom stereocenters. The van der Waals surface area contributed by atoms with Gasteiger partial charge < -0.3 is 5.32 Å². The van der Waals surface area contributed by atoms with Crippen LogP contribution in [0.25, 0.3) is 0 Å². The van der Waals surface area contributed by atoms with E-state index in [4.69, 9.17) is 28.2 Å². The predicted octanol–water partition coefficient (Wildman–Crippen LogP) is 6.11. The second-order valence-corrected chi connectivity index (χ2v) is 9.55. The van der Waals surface area contributed by atoms with Crippen LogP contribution >= 0.6 is 23.2 Å². The van der Waals surface area contributed by atoms with Gasteiger partial charge >= 0.3 is 0 Å². The maximum Gasteiger partial charge on any atom is 0.255 e. The summed E-state index contributed by atoms with van der Waals surface area (Å²) in [6, 6.07) is 8.86. The van der Waals surface area contributed by atoms with E-state index >= 15 is 0 Å². The second kappa shape index (κ2) is 6.49. The zero-order valence-corrected chi connectivity index (χ0v) is 16.6. The molecule has 4 aliphatic rings. The van der Waals surface area contributed by atoms with Gasteiger partial charge in [-0.2, -0.15) is 0 Å². The summed E-state index contributed by atoms with van der Waals surface area (Å²) in [5.41, 5.74) is 2.50. The number of nitrogens with zero attached hydrogens (tertiary/aromatic N) is 1. The summed E-state index contributed by atoms with van der Waals surface area (Å²) in [4.78, 5) is 17.5. The smallest absolute Gasteiger partial charge is 0.255 e. The van der Waals surface area contributed by atoms with E-state index in [0.717, 1.165) is 23.4 Å². The van der Waals surface area contributed by atoms with E-state index in [0.29, 0.717) is 21.3 Å². The molecule has 0 saturated heterocycles. The predicted molar refractivity (Wildman–Crippen MR) is 109 cm³/mol. The fraction of sp³-hybridized carbons (Fsp3) is 0.455. The van der Waals surface area contributed by atoms with E-state index in [1.54, 1.807) is 30.5 Å². The van der Waals surface area contributed by atoms with Gasteiger partial charge in [-0.25, -0.2) is 0 Å². The molecule has 1 N–H and O–H groups in total. The van der Waals surface area contributed by atoms with Crippen molar-refractivity contribution in [1.29, 1.82) is 0 Å². The number of benzene rings is 1. The van der Waals surface area contributed by atoms with Gasteiger partial charge in [0.25, 0.3) is 5.91 Å². The minimum Gasteiger partial charge on any atom is -0.321 e. The third kappa shape index (κ3) is 3.15. The molecule has 4 fully saturated rings. The number of amides is 1. The molecule has 4 aliphatic carbocycles. The first-order chi connectivity index (χ1) is 13.0. The maximum atomic E-state index is 12.8. The van der Waals surface area contributed by atoms with Gasteiger partial charge in [0.15, 0.2) is 0 Å². The summed E-state index contributed by atoms with van der Waals surface area (Å²) in [6.45, 7) is 0. The van der Waals surface area contributed by atoms with Crippen molar-refractivity contribution in [3.63, 3.8) is 0 Å². The van der Waals surface area contributed by atoms with E-state index in [2.05, 4.69) is 5.32 Å². The molecule has 1 heterocycles. The highest BCUT2D eigenvalue weighted by Crippen LogP contribution is 2.60. The molecule has 3 nitrogen and oxygen atoms in total. The Hall–Kier alpha value is -1.58. The first kappa shape index (κ1) is 17.5. The molecule has 0 spiro atoms. The first-order valence-corrected chi connectivity index (χ1v) is 10.5. The number of hydrogen-bond donors (Lipinski definition) is 1. The van der Waals surface area contributed by atoms with Crippen LogP contribution < -0.4 is 5.32 Å². The molecule has 140 valence electrons. The van der Waals surface area contributed by atoms with Crippen molar-refractivity contribution >= 4 is 34.8 Å². The highest BCUT2D eigenvalue weighted by atomic mass is 35.5. The third-order valence-electron chi connectivity index (χ3n) is 6.78. The van der Waals surface area contributed by atoms with Crippen LogP contribution in [0.2, 0.25) is 10.0 Å². The van der Waals surface area contributed by atoms with Crippen molar-refractivity contribution in [3.05, 3.63) is 57.8 Å². The molecule has 0 aliphatic heterocycles. The van der Waals surface area contributed by atoms with Crippen LogP contribution in [0.5, 0.6) is 0 Å². The lowest BCUT2D eigenvalue weighted by Gasteiger charge is -2.56. The van der Waals surface area contributed by atoms with Gasteiger partial charge in [0.2, 0.25) is 0 Å². The van der Waals surface area contributed by atoms with Crippen molar-refractivity contribution in [2.24, 2.45) is 17.8 Å². The van der Waals surface area contributed by atoms with Crippen LogP contribution in [0.1, 0.15) is 54.6 Å². The van der Waals surface area contributed by atoms with Crippen LogP contribution in [-0.4, -0.2) is 10.9 Å². The number of hydrogen-bond acceptors (Lipinski definition) is 2. The van der Waals surface area contributed by atoms with E-state index in [1.165, 1.54) is 38.5 Å². The molecule has 1 aromatic heterocycles. The molecule has 27 heavy (non-hydrogen) atoms. The second-order valence-electron chi connectivity index (χ2n) is 8.71. The number of rotatable bonds is 3. The molecule has 5 heteroatoms. The summed E-state index contributed by atoms with van der Waals surface area (Å²) in [5, 5.41) is 3.88. The number of anilines is 1. The zero-order valence-electron chi connectivity index (χ0n) is 15.1. The number of aromatic nitrogens is 1. The Balaban J connectivity index is 1.41. The summed E-state index contributed by atoms with van der Waals surface area (Å²) in [6.07, 6.45) is 9.68. The zero-order chi connectivity index (χ0) is 18.6. The van der Waals surface area contributed by atoms with Crippen LogP contribution in [0.4, 0.5) is 5.69 Å². The van der Waals surface area contributed by atoms with Gasteiger partial charge in [0, 0.05) is 27.9 Å². The monoisotopic (exact) mass is 400 g/mol. The lowest BCUT2D eigenvalue weighted by Crippen LogP contribution is -2.49. The Labute approximate surface area is 169 Å². The lowest BCUT2D eigenvalue weighted by molar-refractivity contribution is -0.00721. The highest BCUT2D eigenvalue weighted by Gasteiger charge is 2.52. The molecule has 4 saturated carbocycles. The molecular formula is C22H22Cl2N2O. The number of halogens is 2. The fourth-order valence-electron chi connectivity index (χ4n) is 6.07. The van der Waals surface area contributed by atoms with E-state index in [-0.39, 0.29) is 11.3 Å². The number of carbonyl (C=O) groups is 1. The van der Waals surface area contributed by atoms with E-state index in [9.17, 15) is 4.79 Å². The van der Waals surface area contributed by atoms with Crippen molar-refractivity contribution in [3.8, 4) is 0 Å². The largest absolute Gasteiger partial charge is 0.321 e. The molecule has 4 bridgehead atoms. The van der Waals surface area contributed by atoms with Crippen molar-refractivity contribution < 1.29 is 4.79 Å². The molecule has 0 atom stereocenters. The minimum atomic E-state index is -0.160. The third-order valence-corrected chi connectivity index (χ3v) is 7.33. The Bertz CT molecular complexity index is 876.